The van der Waals surface area contributed by atoms with Gasteiger partial charge in [0.1, 0.15) is 11.4 Å². The van der Waals surface area contributed by atoms with Crippen LogP contribution in [0.15, 0.2) is 18.3 Å². The standard InChI is InChI=1S/C20H30N6O2/c1-13-16(11-22-25(13)6)17-9-15(10-18(21)23-17)26-8-7-14(12-26)24(5)19(27)28-20(2,3)4/h9-11,14H,7-8,12H2,1-6H3,(H2,21,23)/t14-/m1/s1. The Balaban J connectivity index is 1.77. The van der Waals surface area contributed by atoms with Crippen molar-refractivity contribution in [3.8, 4) is 11.3 Å². The van der Waals surface area contributed by atoms with E-state index in [0.717, 1.165) is 42.1 Å². The zero-order valence-corrected chi connectivity index (χ0v) is 17.6. The normalized spacial score (nSPS) is 17.1. The highest BCUT2D eigenvalue weighted by molar-refractivity contribution is 5.70. The van der Waals surface area contributed by atoms with Crippen molar-refractivity contribution in [3.63, 3.8) is 0 Å². The first-order valence-corrected chi connectivity index (χ1v) is 9.52. The predicted octanol–water partition coefficient (Wildman–Crippen LogP) is 2.82. The molecule has 1 atom stereocenters. The zero-order chi connectivity index (χ0) is 20.6. The first kappa shape index (κ1) is 20.0. The van der Waals surface area contributed by atoms with Crippen LogP contribution in [0, 0.1) is 6.92 Å². The van der Waals surface area contributed by atoms with Gasteiger partial charge in [0.2, 0.25) is 0 Å². The van der Waals surface area contributed by atoms with Crippen molar-refractivity contribution in [2.75, 3.05) is 30.8 Å². The number of hydrogen-bond donors (Lipinski definition) is 1. The summed E-state index contributed by atoms with van der Waals surface area (Å²) in [4.78, 5) is 20.8. The molecule has 8 heteroatoms. The Kier molecular flexibility index (Phi) is 5.23. The summed E-state index contributed by atoms with van der Waals surface area (Å²) in [6, 6.07) is 4.01. The number of rotatable bonds is 3. The Labute approximate surface area is 166 Å². The number of amides is 1. The fourth-order valence-corrected chi connectivity index (χ4v) is 3.38. The fourth-order valence-electron chi connectivity index (χ4n) is 3.38. The van der Waals surface area contributed by atoms with Crippen molar-refractivity contribution in [3.05, 3.63) is 24.0 Å². The van der Waals surface area contributed by atoms with E-state index in [1.165, 1.54) is 0 Å². The van der Waals surface area contributed by atoms with E-state index in [1.807, 2.05) is 57.8 Å². The molecule has 2 aromatic heterocycles. The molecule has 0 unspecified atom stereocenters. The lowest BCUT2D eigenvalue weighted by Gasteiger charge is -2.29. The molecule has 0 radical (unpaired) electrons. The lowest BCUT2D eigenvalue weighted by molar-refractivity contribution is 0.0238. The Bertz CT molecular complexity index is 870. The third-order valence-electron chi connectivity index (χ3n) is 5.10. The molecule has 2 aromatic rings. The summed E-state index contributed by atoms with van der Waals surface area (Å²) in [5.74, 6) is 0.472. The molecule has 1 saturated heterocycles. The molecule has 152 valence electrons. The Morgan fingerprint density at radius 3 is 2.68 bits per heavy atom. The van der Waals surface area contributed by atoms with Gasteiger partial charge in [-0.1, -0.05) is 0 Å². The van der Waals surface area contributed by atoms with Gasteiger partial charge in [0.25, 0.3) is 0 Å². The Morgan fingerprint density at radius 2 is 2.07 bits per heavy atom. The van der Waals surface area contributed by atoms with Gasteiger partial charge in [-0.2, -0.15) is 5.10 Å². The fraction of sp³-hybridized carbons (Fsp3) is 0.550. The number of pyridine rings is 1. The summed E-state index contributed by atoms with van der Waals surface area (Å²) < 4.78 is 7.31. The average Bonchev–Trinajstić information content (AvgIpc) is 3.20. The molecule has 0 aromatic carbocycles. The molecule has 8 nitrogen and oxygen atoms in total. The molecule has 1 fully saturated rings. The molecule has 0 aliphatic carbocycles. The zero-order valence-electron chi connectivity index (χ0n) is 17.6. The highest BCUT2D eigenvalue weighted by Crippen LogP contribution is 2.30. The first-order valence-electron chi connectivity index (χ1n) is 9.52. The second-order valence-corrected chi connectivity index (χ2v) is 8.38. The van der Waals surface area contributed by atoms with Gasteiger partial charge in [0.05, 0.1) is 17.9 Å². The second kappa shape index (κ2) is 7.33. The maximum atomic E-state index is 12.4. The van der Waals surface area contributed by atoms with Crippen molar-refractivity contribution in [1.29, 1.82) is 0 Å². The monoisotopic (exact) mass is 386 g/mol. The van der Waals surface area contributed by atoms with Crippen molar-refractivity contribution in [2.45, 2.75) is 45.8 Å². The molecule has 1 aliphatic rings. The van der Waals surface area contributed by atoms with E-state index in [-0.39, 0.29) is 12.1 Å². The van der Waals surface area contributed by atoms with Crippen LogP contribution in [0.5, 0.6) is 0 Å². The molecular weight excluding hydrogens is 356 g/mol. The van der Waals surface area contributed by atoms with Crippen molar-refractivity contribution >= 4 is 17.6 Å². The molecule has 0 saturated carbocycles. The lowest BCUT2D eigenvalue weighted by Crippen LogP contribution is -2.42. The van der Waals surface area contributed by atoms with Crippen molar-refractivity contribution in [1.82, 2.24) is 19.7 Å². The van der Waals surface area contributed by atoms with E-state index in [9.17, 15) is 4.79 Å². The van der Waals surface area contributed by atoms with Crippen LogP contribution < -0.4 is 10.6 Å². The van der Waals surface area contributed by atoms with E-state index >= 15 is 0 Å². The van der Waals surface area contributed by atoms with E-state index in [2.05, 4.69) is 15.0 Å². The topological polar surface area (TPSA) is 89.5 Å². The maximum absolute atomic E-state index is 12.4. The summed E-state index contributed by atoms with van der Waals surface area (Å²) in [5.41, 5.74) is 9.40. The number of carbonyl (C=O) groups excluding carboxylic acids is 1. The van der Waals surface area contributed by atoms with Gasteiger partial charge in [-0.3, -0.25) is 4.68 Å². The minimum absolute atomic E-state index is 0.0906. The van der Waals surface area contributed by atoms with Gasteiger partial charge in [-0.05, 0) is 40.2 Å². The third-order valence-corrected chi connectivity index (χ3v) is 5.10. The summed E-state index contributed by atoms with van der Waals surface area (Å²) in [5, 5.41) is 4.30. The quantitative estimate of drug-likeness (QED) is 0.872. The SMILES string of the molecule is Cc1c(-c2cc(N3CC[C@@H](N(C)C(=O)OC(C)(C)C)C3)cc(N)n2)cnn1C. The number of likely N-dealkylation sites (N-methyl/N-ethyl adjacent to an activating group) is 1. The largest absolute Gasteiger partial charge is 0.444 e. The minimum Gasteiger partial charge on any atom is -0.444 e. The molecule has 28 heavy (non-hydrogen) atoms. The van der Waals surface area contributed by atoms with Crippen LogP contribution in [0.25, 0.3) is 11.3 Å². The molecule has 3 rings (SSSR count). The van der Waals surface area contributed by atoms with Crippen LogP contribution in [0.3, 0.4) is 0 Å². The van der Waals surface area contributed by atoms with E-state index in [1.54, 1.807) is 11.9 Å². The number of aryl methyl sites for hydroxylation is 1. The molecule has 2 N–H and O–H groups in total. The number of anilines is 2. The smallest absolute Gasteiger partial charge is 0.410 e. The Hall–Kier alpha value is -2.77. The summed E-state index contributed by atoms with van der Waals surface area (Å²) in [6.45, 7) is 9.20. The van der Waals surface area contributed by atoms with Gasteiger partial charge in [0, 0.05) is 50.2 Å². The molecular formula is C20H30N6O2. The van der Waals surface area contributed by atoms with Crippen LogP contribution in [0.1, 0.15) is 32.9 Å². The summed E-state index contributed by atoms with van der Waals surface area (Å²) >= 11 is 0. The number of ether oxygens (including phenoxy) is 1. The molecule has 3 heterocycles. The van der Waals surface area contributed by atoms with Crippen molar-refractivity contribution in [2.24, 2.45) is 7.05 Å². The van der Waals surface area contributed by atoms with Gasteiger partial charge in [-0.15, -0.1) is 0 Å². The van der Waals surface area contributed by atoms with Crippen molar-refractivity contribution < 1.29 is 9.53 Å². The van der Waals surface area contributed by atoms with E-state index < -0.39 is 5.60 Å². The van der Waals surface area contributed by atoms with Crippen LogP contribution in [0.4, 0.5) is 16.3 Å². The number of nitrogen functional groups attached to an aromatic ring is 1. The first-order chi connectivity index (χ1) is 13.0. The minimum atomic E-state index is -0.500. The molecule has 1 aliphatic heterocycles. The van der Waals surface area contributed by atoms with Gasteiger partial charge < -0.3 is 20.3 Å². The number of hydrogen-bond acceptors (Lipinski definition) is 6. The van der Waals surface area contributed by atoms with Crippen LogP contribution in [-0.4, -0.2) is 57.5 Å². The molecule has 0 bridgehead atoms. The maximum Gasteiger partial charge on any atom is 0.410 e. The third kappa shape index (κ3) is 4.21. The van der Waals surface area contributed by atoms with E-state index in [0.29, 0.717) is 5.82 Å². The summed E-state index contributed by atoms with van der Waals surface area (Å²) in [6.07, 6.45) is 2.39. The van der Waals surface area contributed by atoms with Gasteiger partial charge >= 0.3 is 6.09 Å². The number of nitrogens with two attached hydrogens (primary N) is 1. The molecule has 0 spiro atoms. The predicted molar refractivity (Wildman–Crippen MR) is 110 cm³/mol. The number of carbonyl (C=O) groups is 1. The van der Waals surface area contributed by atoms with Crippen LogP contribution in [0.2, 0.25) is 0 Å². The summed E-state index contributed by atoms with van der Waals surface area (Å²) in [7, 11) is 3.71. The highest BCUT2D eigenvalue weighted by atomic mass is 16.6. The molecule has 1 amide bonds. The van der Waals surface area contributed by atoms with E-state index in [4.69, 9.17) is 10.5 Å². The number of nitrogens with zero attached hydrogens (tertiary/aromatic N) is 5. The average molecular weight is 387 g/mol. The highest BCUT2D eigenvalue weighted by Gasteiger charge is 2.31. The van der Waals surface area contributed by atoms with Gasteiger partial charge in [0.15, 0.2) is 0 Å². The lowest BCUT2D eigenvalue weighted by atomic mass is 10.1. The van der Waals surface area contributed by atoms with Crippen LogP contribution in [-0.2, 0) is 11.8 Å². The Morgan fingerprint density at radius 1 is 1.36 bits per heavy atom. The second-order valence-electron chi connectivity index (χ2n) is 8.38. The van der Waals surface area contributed by atoms with Gasteiger partial charge in [-0.25, -0.2) is 9.78 Å². The van der Waals surface area contributed by atoms with Crippen LogP contribution >= 0.6 is 0 Å². The number of aromatic nitrogens is 3.